The largest absolute Gasteiger partial charge is 0.494 e. The topological polar surface area (TPSA) is 9.23 Å². The number of benzene rings is 1. The quantitative estimate of drug-likeness (QED) is 0.711. The summed E-state index contributed by atoms with van der Waals surface area (Å²) in [7, 11) is 0. The number of halogens is 1. The van der Waals surface area contributed by atoms with Crippen LogP contribution in [0.2, 0.25) is 0 Å². The number of alkyl halides is 1. The summed E-state index contributed by atoms with van der Waals surface area (Å²) >= 11 is 3.46. The first-order valence-electron chi connectivity index (χ1n) is 5.62. The van der Waals surface area contributed by atoms with Crippen molar-refractivity contribution >= 4 is 15.9 Å². The van der Waals surface area contributed by atoms with Gasteiger partial charge in [0.1, 0.15) is 5.75 Å². The molecule has 0 aliphatic carbocycles. The molecule has 0 spiro atoms. The molecule has 0 saturated carbocycles. The minimum absolute atomic E-state index is 0.744. The minimum Gasteiger partial charge on any atom is -0.494 e. The van der Waals surface area contributed by atoms with Crippen LogP contribution >= 0.6 is 15.9 Å². The zero-order valence-electron chi connectivity index (χ0n) is 9.55. The van der Waals surface area contributed by atoms with E-state index in [4.69, 9.17) is 4.74 Å². The first-order chi connectivity index (χ1) is 7.31. The number of rotatable bonds is 6. The van der Waals surface area contributed by atoms with E-state index >= 15 is 0 Å². The Morgan fingerprint density at radius 2 is 2.07 bits per heavy atom. The van der Waals surface area contributed by atoms with Crippen molar-refractivity contribution in [3.05, 3.63) is 29.3 Å². The van der Waals surface area contributed by atoms with E-state index in [1.807, 2.05) is 6.92 Å². The van der Waals surface area contributed by atoms with E-state index in [-0.39, 0.29) is 0 Å². The lowest BCUT2D eigenvalue weighted by Crippen LogP contribution is -1.97. The van der Waals surface area contributed by atoms with E-state index in [1.54, 1.807) is 0 Å². The maximum atomic E-state index is 5.58. The van der Waals surface area contributed by atoms with Gasteiger partial charge in [0, 0.05) is 5.33 Å². The van der Waals surface area contributed by atoms with Crippen LogP contribution in [0.5, 0.6) is 5.75 Å². The number of hydrogen-bond acceptors (Lipinski definition) is 1. The molecule has 0 aliphatic heterocycles. The fraction of sp³-hybridized carbons (Fsp3) is 0.538. The second-order valence-electron chi connectivity index (χ2n) is 3.52. The van der Waals surface area contributed by atoms with Crippen molar-refractivity contribution in [3.63, 3.8) is 0 Å². The van der Waals surface area contributed by atoms with Crippen LogP contribution in [0.4, 0.5) is 0 Å². The maximum absolute atomic E-state index is 5.58. The third-order valence-corrected chi connectivity index (χ3v) is 2.97. The van der Waals surface area contributed by atoms with Gasteiger partial charge in [-0.15, -0.1) is 0 Å². The fourth-order valence-corrected chi connectivity index (χ4v) is 1.91. The molecule has 1 aromatic carbocycles. The molecular weight excluding hydrogens is 252 g/mol. The summed E-state index contributed by atoms with van der Waals surface area (Å²) in [6.45, 7) is 4.94. The molecule has 0 saturated heterocycles. The summed E-state index contributed by atoms with van der Waals surface area (Å²) in [5, 5.41) is 1.07. The first kappa shape index (κ1) is 12.6. The zero-order chi connectivity index (χ0) is 11.1. The Morgan fingerprint density at radius 1 is 1.27 bits per heavy atom. The van der Waals surface area contributed by atoms with Gasteiger partial charge in [-0.05, 0) is 43.4 Å². The summed E-state index contributed by atoms with van der Waals surface area (Å²) in [5.74, 6) is 1.04. The van der Waals surface area contributed by atoms with Gasteiger partial charge in [0.25, 0.3) is 0 Å². The van der Waals surface area contributed by atoms with Crippen molar-refractivity contribution in [3.8, 4) is 5.75 Å². The van der Waals surface area contributed by atoms with Crippen LogP contribution in [0.25, 0.3) is 0 Å². The van der Waals surface area contributed by atoms with Crippen LogP contribution in [0.3, 0.4) is 0 Å². The monoisotopic (exact) mass is 270 g/mol. The Labute approximate surface area is 101 Å². The predicted octanol–water partition coefficient (Wildman–Crippen LogP) is 3.98. The van der Waals surface area contributed by atoms with E-state index in [0.717, 1.165) is 30.5 Å². The molecule has 1 nitrogen and oxygen atoms in total. The molecule has 0 aliphatic rings. The highest BCUT2D eigenvalue weighted by Gasteiger charge is 2.02. The lowest BCUT2D eigenvalue weighted by molar-refractivity contribution is 0.336. The SMILES string of the molecule is CCOc1ccc(CCCBr)cc1CC. The van der Waals surface area contributed by atoms with Gasteiger partial charge in [-0.2, -0.15) is 0 Å². The second-order valence-corrected chi connectivity index (χ2v) is 4.31. The van der Waals surface area contributed by atoms with E-state index in [0.29, 0.717) is 0 Å². The standard InChI is InChI=1S/C13H19BrO/c1-3-12-10-11(6-5-9-14)7-8-13(12)15-4-2/h7-8,10H,3-6,9H2,1-2H3. The van der Waals surface area contributed by atoms with E-state index in [2.05, 4.69) is 41.1 Å². The molecule has 0 bridgehead atoms. The number of hydrogen-bond donors (Lipinski definition) is 0. The molecule has 0 aromatic heterocycles. The van der Waals surface area contributed by atoms with Gasteiger partial charge in [-0.25, -0.2) is 0 Å². The van der Waals surface area contributed by atoms with Gasteiger partial charge >= 0.3 is 0 Å². The van der Waals surface area contributed by atoms with Crippen LogP contribution in [0, 0.1) is 0 Å². The van der Waals surface area contributed by atoms with Crippen molar-refractivity contribution in [2.45, 2.75) is 33.1 Å². The molecule has 0 heterocycles. The Hall–Kier alpha value is -0.500. The smallest absolute Gasteiger partial charge is 0.122 e. The van der Waals surface area contributed by atoms with E-state index in [9.17, 15) is 0 Å². The first-order valence-corrected chi connectivity index (χ1v) is 6.74. The normalized spacial score (nSPS) is 10.3. The van der Waals surface area contributed by atoms with Gasteiger partial charge in [-0.1, -0.05) is 35.0 Å². The Morgan fingerprint density at radius 3 is 2.67 bits per heavy atom. The fourth-order valence-electron chi connectivity index (χ4n) is 1.63. The molecule has 0 radical (unpaired) electrons. The molecule has 1 rings (SSSR count). The molecule has 0 N–H and O–H groups in total. The third-order valence-electron chi connectivity index (χ3n) is 2.40. The van der Waals surface area contributed by atoms with Crippen LogP contribution in [0.15, 0.2) is 18.2 Å². The lowest BCUT2D eigenvalue weighted by atomic mass is 10.0. The van der Waals surface area contributed by atoms with Gasteiger partial charge < -0.3 is 4.74 Å². The van der Waals surface area contributed by atoms with Crippen molar-refractivity contribution in [1.29, 1.82) is 0 Å². The zero-order valence-corrected chi connectivity index (χ0v) is 11.1. The summed E-state index contributed by atoms with van der Waals surface area (Å²) in [6.07, 6.45) is 3.37. The molecule has 2 heteroatoms. The Balaban J connectivity index is 2.77. The van der Waals surface area contributed by atoms with E-state index < -0.39 is 0 Å². The maximum Gasteiger partial charge on any atom is 0.122 e. The highest BCUT2D eigenvalue weighted by atomic mass is 79.9. The van der Waals surface area contributed by atoms with Crippen LogP contribution < -0.4 is 4.74 Å². The van der Waals surface area contributed by atoms with Crippen LogP contribution in [0.1, 0.15) is 31.4 Å². The average Bonchev–Trinajstić information content (AvgIpc) is 2.28. The molecule has 0 unspecified atom stereocenters. The second kappa shape index (κ2) is 6.89. The molecule has 0 atom stereocenters. The Bertz CT molecular complexity index is 297. The van der Waals surface area contributed by atoms with Crippen LogP contribution in [-0.4, -0.2) is 11.9 Å². The van der Waals surface area contributed by atoms with Crippen molar-refractivity contribution in [2.75, 3.05) is 11.9 Å². The minimum atomic E-state index is 0.744. The van der Waals surface area contributed by atoms with Gasteiger partial charge in [0.2, 0.25) is 0 Å². The van der Waals surface area contributed by atoms with Crippen molar-refractivity contribution in [1.82, 2.24) is 0 Å². The predicted molar refractivity (Wildman–Crippen MR) is 69.1 cm³/mol. The summed E-state index contributed by atoms with van der Waals surface area (Å²) < 4.78 is 5.58. The summed E-state index contributed by atoms with van der Waals surface area (Å²) in [6, 6.07) is 6.55. The van der Waals surface area contributed by atoms with E-state index in [1.165, 1.54) is 17.5 Å². The molecule has 84 valence electrons. The van der Waals surface area contributed by atoms with Crippen LogP contribution in [-0.2, 0) is 12.8 Å². The van der Waals surface area contributed by atoms with Crippen molar-refractivity contribution < 1.29 is 4.74 Å². The Kier molecular flexibility index (Phi) is 5.77. The summed E-state index contributed by atoms with van der Waals surface area (Å²) in [4.78, 5) is 0. The number of ether oxygens (including phenoxy) is 1. The number of aryl methyl sites for hydroxylation is 2. The van der Waals surface area contributed by atoms with Gasteiger partial charge in [-0.3, -0.25) is 0 Å². The third kappa shape index (κ3) is 3.86. The highest BCUT2D eigenvalue weighted by molar-refractivity contribution is 9.09. The molecule has 0 fully saturated rings. The van der Waals surface area contributed by atoms with Gasteiger partial charge in [0.15, 0.2) is 0 Å². The van der Waals surface area contributed by atoms with Crippen molar-refractivity contribution in [2.24, 2.45) is 0 Å². The summed E-state index contributed by atoms with van der Waals surface area (Å²) in [5.41, 5.74) is 2.73. The molecular formula is C13H19BrO. The molecule has 0 amide bonds. The average molecular weight is 271 g/mol. The lowest BCUT2D eigenvalue weighted by Gasteiger charge is -2.10. The van der Waals surface area contributed by atoms with Gasteiger partial charge in [0.05, 0.1) is 6.61 Å². The highest BCUT2D eigenvalue weighted by Crippen LogP contribution is 2.21. The molecule has 1 aromatic rings. The molecule has 15 heavy (non-hydrogen) atoms.